The lowest BCUT2D eigenvalue weighted by Crippen LogP contribution is -2.22. The van der Waals surface area contributed by atoms with Gasteiger partial charge >= 0.3 is 0 Å². The molecule has 1 aromatic heterocycles. The molecule has 3 rings (SSSR count). The smallest absolute Gasteiger partial charge is 0.237 e. The highest BCUT2D eigenvalue weighted by molar-refractivity contribution is 8.02. The van der Waals surface area contributed by atoms with Crippen molar-refractivity contribution in [1.82, 2.24) is 10.2 Å². The Labute approximate surface area is 161 Å². The zero-order valence-corrected chi connectivity index (χ0v) is 16.7. The first-order valence-electron chi connectivity index (χ1n) is 8.55. The second-order valence-corrected chi connectivity index (χ2v) is 9.02. The SMILES string of the molecule is CC(C)CNc1nnc(S[C@@H](C)C(=O)Nc2ccc3ccccc3c2)s1. The fourth-order valence-electron chi connectivity index (χ4n) is 2.34. The summed E-state index contributed by atoms with van der Waals surface area (Å²) in [6.45, 7) is 7.02. The van der Waals surface area contributed by atoms with Gasteiger partial charge in [-0.1, -0.05) is 67.3 Å². The summed E-state index contributed by atoms with van der Waals surface area (Å²) in [5.41, 5.74) is 0.803. The maximum absolute atomic E-state index is 12.5. The van der Waals surface area contributed by atoms with Gasteiger partial charge in [0.1, 0.15) is 0 Å². The van der Waals surface area contributed by atoms with E-state index in [2.05, 4.69) is 40.7 Å². The standard InChI is InChI=1S/C19H22N4OS2/c1-12(2)11-20-18-22-23-19(26-18)25-13(3)17(24)21-16-9-8-14-6-4-5-7-15(14)10-16/h4-10,12-13H,11H2,1-3H3,(H,20,22)(H,21,24)/t13-/m0/s1. The lowest BCUT2D eigenvalue weighted by atomic mass is 10.1. The third-order valence-electron chi connectivity index (χ3n) is 3.73. The first-order chi connectivity index (χ1) is 12.5. The van der Waals surface area contributed by atoms with E-state index in [4.69, 9.17) is 0 Å². The monoisotopic (exact) mass is 386 g/mol. The number of nitrogens with zero attached hydrogens (tertiary/aromatic N) is 2. The molecule has 1 amide bonds. The molecular weight excluding hydrogens is 364 g/mol. The molecule has 0 saturated heterocycles. The Kier molecular flexibility index (Phi) is 6.11. The van der Waals surface area contributed by atoms with E-state index in [0.717, 1.165) is 32.5 Å². The second-order valence-electron chi connectivity index (χ2n) is 6.46. The number of rotatable bonds is 7. The van der Waals surface area contributed by atoms with Gasteiger partial charge in [0.15, 0.2) is 4.34 Å². The van der Waals surface area contributed by atoms with Crippen LogP contribution in [-0.4, -0.2) is 27.9 Å². The van der Waals surface area contributed by atoms with Gasteiger partial charge in [-0.3, -0.25) is 4.79 Å². The molecule has 1 atom stereocenters. The van der Waals surface area contributed by atoms with Gasteiger partial charge in [-0.05, 0) is 35.7 Å². The number of thioether (sulfide) groups is 1. The van der Waals surface area contributed by atoms with Crippen molar-refractivity contribution in [3.63, 3.8) is 0 Å². The quantitative estimate of drug-likeness (QED) is 0.567. The van der Waals surface area contributed by atoms with Gasteiger partial charge in [0, 0.05) is 12.2 Å². The van der Waals surface area contributed by atoms with E-state index >= 15 is 0 Å². The maximum atomic E-state index is 12.5. The molecule has 2 aromatic carbocycles. The van der Waals surface area contributed by atoms with E-state index in [9.17, 15) is 4.79 Å². The van der Waals surface area contributed by atoms with Crippen LogP contribution in [0.4, 0.5) is 10.8 Å². The van der Waals surface area contributed by atoms with Crippen molar-refractivity contribution in [2.45, 2.75) is 30.4 Å². The summed E-state index contributed by atoms with van der Waals surface area (Å²) >= 11 is 2.90. The number of carbonyl (C=O) groups excluding carboxylic acids is 1. The Morgan fingerprint density at radius 1 is 1.12 bits per heavy atom. The van der Waals surface area contributed by atoms with Crippen molar-refractivity contribution in [3.05, 3.63) is 42.5 Å². The molecule has 0 aliphatic heterocycles. The molecule has 0 unspecified atom stereocenters. The summed E-state index contributed by atoms with van der Waals surface area (Å²) in [7, 11) is 0. The summed E-state index contributed by atoms with van der Waals surface area (Å²) < 4.78 is 0.789. The van der Waals surface area contributed by atoms with Crippen LogP contribution in [-0.2, 0) is 4.79 Å². The Balaban J connectivity index is 1.58. The minimum absolute atomic E-state index is 0.0443. The summed E-state index contributed by atoms with van der Waals surface area (Å²) in [5.74, 6) is 0.499. The van der Waals surface area contributed by atoms with Crippen molar-refractivity contribution < 1.29 is 4.79 Å². The Bertz CT molecular complexity index is 894. The van der Waals surface area contributed by atoms with Crippen LogP contribution in [0.15, 0.2) is 46.8 Å². The zero-order valence-electron chi connectivity index (χ0n) is 15.0. The minimum atomic E-state index is -0.257. The third kappa shape index (κ3) is 4.95. The fraction of sp³-hybridized carbons (Fsp3) is 0.316. The first kappa shape index (κ1) is 18.7. The van der Waals surface area contributed by atoms with Gasteiger partial charge < -0.3 is 10.6 Å². The van der Waals surface area contributed by atoms with Gasteiger partial charge in [0.25, 0.3) is 0 Å². The largest absolute Gasteiger partial charge is 0.360 e. The van der Waals surface area contributed by atoms with Crippen molar-refractivity contribution in [3.8, 4) is 0 Å². The first-order valence-corrected chi connectivity index (χ1v) is 10.2. The number of fused-ring (bicyclic) bond motifs is 1. The lowest BCUT2D eigenvalue weighted by molar-refractivity contribution is -0.115. The molecule has 0 saturated carbocycles. The van der Waals surface area contributed by atoms with E-state index in [1.165, 1.54) is 23.1 Å². The highest BCUT2D eigenvalue weighted by atomic mass is 32.2. The van der Waals surface area contributed by atoms with Gasteiger partial charge in [-0.25, -0.2) is 0 Å². The van der Waals surface area contributed by atoms with E-state index in [0.29, 0.717) is 5.92 Å². The summed E-state index contributed by atoms with van der Waals surface area (Å²) in [6, 6.07) is 14.0. The molecule has 0 spiro atoms. The molecule has 1 heterocycles. The van der Waals surface area contributed by atoms with Crippen molar-refractivity contribution in [2.24, 2.45) is 5.92 Å². The second kappa shape index (κ2) is 8.51. The summed E-state index contributed by atoms with van der Waals surface area (Å²) in [5, 5.41) is 17.3. The molecule has 0 radical (unpaired) electrons. The van der Waals surface area contributed by atoms with Gasteiger partial charge in [0.2, 0.25) is 11.0 Å². The van der Waals surface area contributed by atoms with Crippen molar-refractivity contribution in [1.29, 1.82) is 0 Å². The van der Waals surface area contributed by atoms with Crippen LogP contribution < -0.4 is 10.6 Å². The molecule has 0 fully saturated rings. The normalized spacial score (nSPS) is 12.3. The number of hydrogen-bond donors (Lipinski definition) is 2. The van der Waals surface area contributed by atoms with Crippen LogP contribution >= 0.6 is 23.1 Å². The van der Waals surface area contributed by atoms with Crippen LogP contribution in [0.1, 0.15) is 20.8 Å². The van der Waals surface area contributed by atoms with Crippen LogP contribution in [0.2, 0.25) is 0 Å². The lowest BCUT2D eigenvalue weighted by Gasteiger charge is -2.11. The minimum Gasteiger partial charge on any atom is -0.360 e. The molecule has 5 nitrogen and oxygen atoms in total. The van der Waals surface area contributed by atoms with Crippen molar-refractivity contribution in [2.75, 3.05) is 17.2 Å². The molecule has 3 aromatic rings. The topological polar surface area (TPSA) is 66.9 Å². The summed E-state index contributed by atoms with van der Waals surface area (Å²) in [4.78, 5) is 12.5. The molecule has 7 heteroatoms. The number of amides is 1. The molecule has 2 N–H and O–H groups in total. The molecule has 136 valence electrons. The van der Waals surface area contributed by atoms with Crippen LogP contribution in [0.25, 0.3) is 10.8 Å². The summed E-state index contributed by atoms with van der Waals surface area (Å²) in [6.07, 6.45) is 0. The molecule has 0 aliphatic rings. The number of hydrogen-bond acceptors (Lipinski definition) is 6. The number of anilines is 2. The molecule has 0 bridgehead atoms. The number of aromatic nitrogens is 2. The van der Waals surface area contributed by atoms with E-state index in [-0.39, 0.29) is 11.2 Å². The fourth-order valence-corrected chi connectivity index (χ4v) is 4.24. The average Bonchev–Trinajstić information content (AvgIpc) is 3.07. The molecule has 26 heavy (non-hydrogen) atoms. The van der Waals surface area contributed by atoms with E-state index < -0.39 is 0 Å². The van der Waals surface area contributed by atoms with Gasteiger partial charge in [0.05, 0.1) is 5.25 Å². The van der Waals surface area contributed by atoms with Gasteiger partial charge in [-0.2, -0.15) is 0 Å². The zero-order chi connectivity index (χ0) is 18.5. The number of nitrogens with one attached hydrogen (secondary N) is 2. The Morgan fingerprint density at radius 3 is 2.65 bits per heavy atom. The predicted molar refractivity (Wildman–Crippen MR) is 111 cm³/mol. The van der Waals surface area contributed by atoms with E-state index in [1.54, 1.807) is 0 Å². The number of benzene rings is 2. The molecular formula is C19H22N4OS2. The van der Waals surface area contributed by atoms with Crippen LogP contribution in [0.5, 0.6) is 0 Å². The highest BCUT2D eigenvalue weighted by Gasteiger charge is 2.17. The number of carbonyl (C=O) groups is 1. The Morgan fingerprint density at radius 2 is 1.88 bits per heavy atom. The van der Waals surface area contributed by atoms with Gasteiger partial charge in [-0.15, -0.1) is 10.2 Å². The molecule has 0 aliphatic carbocycles. The highest BCUT2D eigenvalue weighted by Crippen LogP contribution is 2.29. The Hall–Kier alpha value is -2.12. The third-order valence-corrected chi connectivity index (χ3v) is 5.80. The van der Waals surface area contributed by atoms with E-state index in [1.807, 2.05) is 43.3 Å². The van der Waals surface area contributed by atoms with Crippen LogP contribution in [0, 0.1) is 5.92 Å². The van der Waals surface area contributed by atoms with Crippen LogP contribution in [0.3, 0.4) is 0 Å². The van der Waals surface area contributed by atoms with Crippen molar-refractivity contribution >= 4 is 50.6 Å². The average molecular weight is 387 g/mol. The maximum Gasteiger partial charge on any atom is 0.237 e. The predicted octanol–water partition coefficient (Wildman–Crippen LogP) is 4.88.